The van der Waals surface area contributed by atoms with E-state index in [9.17, 15) is 19.2 Å². The smallest absolute Gasteiger partial charge is 0.247 e. The van der Waals surface area contributed by atoms with Gasteiger partial charge in [-0.2, -0.15) is 5.10 Å². The molecule has 1 aliphatic heterocycles. The summed E-state index contributed by atoms with van der Waals surface area (Å²) in [5, 5.41) is 13.7. The average molecular weight is 642 g/mol. The summed E-state index contributed by atoms with van der Waals surface area (Å²) >= 11 is 0. The number of nitrogens with zero attached hydrogens (tertiary/aromatic N) is 4. The van der Waals surface area contributed by atoms with E-state index in [2.05, 4.69) is 33.2 Å². The fourth-order valence-electron chi connectivity index (χ4n) is 6.85. The largest absolute Gasteiger partial charge is 0.344 e. The molecule has 0 spiro atoms. The summed E-state index contributed by atoms with van der Waals surface area (Å²) in [6, 6.07) is 18.1. The van der Waals surface area contributed by atoms with Crippen LogP contribution in [0.5, 0.6) is 0 Å². The van der Waals surface area contributed by atoms with Crippen LogP contribution in [0.4, 0.5) is 11.5 Å². The zero-order valence-electron chi connectivity index (χ0n) is 27.4. The van der Waals surface area contributed by atoms with Crippen LogP contribution in [-0.2, 0) is 39.1 Å². The van der Waals surface area contributed by atoms with Crippen molar-refractivity contribution in [1.29, 1.82) is 0 Å². The van der Waals surface area contributed by atoms with Gasteiger partial charge in [0.15, 0.2) is 0 Å². The van der Waals surface area contributed by atoms with E-state index < -0.39 is 12.1 Å². The highest BCUT2D eigenvalue weighted by atomic mass is 16.2. The number of anilines is 2. The number of rotatable bonds is 13. The molecular weight excluding hydrogens is 594 g/mol. The molecule has 0 bridgehead atoms. The molecule has 1 aliphatic carbocycles. The number of aryl methyl sites for hydroxylation is 1. The van der Waals surface area contributed by atoms with Crippen molar-refractivity contribution in [1.82, 2.24) is 25.3 Å². The van der Waals surface area contributed by atoms with Crippen molar-refractivity contribution in [3.63, 3.8) is 0 Å². The Balaban J connectivity index is 1.26. The van der Waals surface area contributed by atoms with Gasteiger partial charge in [0.05, 0.1) is 6.20 Å². The van der Waals surface area contributed by atoms with Crippen LogP contribution in [0.3, 0.4) is 0 Å². The van der Waals surface area contributed by atoms with Crippen molar-refractivity contribution in [2.24, 2.45) is 13.0 Å². The molecule has 3 atom stereocenters. The lowest BCUT2D eigenvalue weighted by atomic mass is 9.82. The predicted octanol–water partition coefficient (Wildman–Crippen LogP) is 3.45. The van der Waals surface area contributed by atoms with Gasteiger partial charge in [0, 0.05) is 57.3 Å². The van der Waals surface area contributed by atoms with E-state index in [1.165, 1.54) is 10.5 Å². The van der Waals surface area contributed by atoms with E-state index >= 15 is 0 Å². The summed E-state index contributed by atoms with van der Waals surface area (Å²) in [7, 11) is 1.76. The fourth-order valence-corrected chi connectivity index (χ4v) is 6.85. The van der Waals surface area contributed by atoms with Gasteiger partial charge in [0.1, 0.15) is 17.9 Å². The third-order valence-corrected chi connectivity index (χ3v) is 9.35. The molecule has 47 heavy (non-hydrogen) atoms. The summed E-state index contributed by atoms with van der Waals surface area (Å²) in [4.78, 5) is 55.8. The Hall–Kier alpha value is -4.51. The molecule has 2 aromatic carbocycles. The van der Waals surface area contributed by atoms with Gasteiger partial charge in [0.25, 0.3) is 0 Å². The van der Waals surface area contributed by atoms with Crippen LogP contribution in [0.1, 0.15) is 56.6 Å². The molecule has 3 aromatic rings. The van der Waals surface area contributed by atoms with Crippen molar-refractivity contribution < 1.29 is 19.2 Å². The third kappa shape index (κ3) is 8.85. The Morgan fingerprint density at radius 3 is 2.43 bits per heavy atom. The molecule has 11 nitrogen and oxygen atoms in total. The molecule has 0 radical (unpaired) electrons. The number of nitrogens with one attached hydrogen (secondary N) is 3. The second kappa shape index (κ2) is 16.4. The number of benzene rings is 2. The lowest BCUT2D eigenvalue weighted by Crippen LogP contribution is -2.58. The lowest BCUT2D eigenvalue weighted by molar-refractivity contribution is -0.137. The number of aromatic nitrogens is 2. The van der Waals surface area contributed by atoms with Crippen LogP contribution in [-0.4, -0.2) is 76.6 Å². The third-order valence-electron chi connectivity index (χ3n) is 9.35. The summed E-state index contributed by atoms with van der Waals surface area (Å²) in [5.74, 6) is 0.0920. The first-order valence-electron chi connectivity index (χ1n) is 16.8. The van der Waals surface area contributed by atoms with E-state index in [-0.39, 0.29) is 36.1 Å². The van der Waals surface area contributed by atoms with Crippen LogP contribution in [0.25, 0.3) is 0 Å². The topological polar surface area (TPSA) is 129 Å². The highest BCUT2D eigenvalue weighted by Gasteiger charge is 2.36. The van der Waals surface area contributed by atoms with Gasteiger partial charge in [0.2, 0.25) is 24.1 Å². The molecule has 2 aliphatic rings. The van der Waals surface area contributed by atoms with Gasteiger partial charge in [-0.1, -0.05) is 68.7 Å². The Morgan fingerprint density at radius 1 is 1.02 bits per heavy atom. The van der Waals surface area contributed by atoms with Crippen LogP contribution in [0.15, 0.2) is 66.9 Å². The SMILES string of the molecule is CCC(=O)N[C@H](Cc1ccc(NC(=O)[C@H](C2CCCCC2)N(C=O)c2ccnn2C)cc1)C(=O)N1CCN[C@H](Cc2ccccc2)C1. The molecule has 0 unspecified atom stereocenters. The first-order chi connectivity index (χ1) is 22.9. The maximum atomic E-state index is 13.8. The maximum Gasteiger partial charge on any atom is 0.247 e. The highest BCUT2D eigenvalue weighted by Crippen LogP contribution is 2.31. The molecule has 1 saturated heterocycles. The lowest BCUT2D eigenvalue weighted by Gasteiger charge is -2.36. The number of hydrogen-bond donors (Lipinski definition) is 3. The Kier molecular flexibility index (Phi) is 11.8. The molecule has 5 rings (SSSR count). The molecule has 4 amide bonds. The van der Waals surface area contributed by atoms with Gasteiger partial charge < -0.3 is 20.9 Å². The number of amides is 4. The standard InChI is InChI=1S/C36H47N7O4/c1-3-32(45)40-31(36(47)42-21-20-37-30(24-42)22-26-10-6-4-7-11-26)23-27-14-16-29(17-15-27)39-35(46)34(28-12-8-5-9-13-28)43(25-44)33-18-19-38-41(33)2/h4,6-7,10-11,14-19,25,28,30-31,34,37H,3,5,8-9,12-13,20-24H2,1-2H3,(H,39,46)(H,40,45)/t30-,31-,34+/m1/s1. The highest BCUT2D eigenvalue weighted by molar-refractivity contribution is 6.00. The van der Waals surface area contributed by atoms with Crippen molar-refractivity contribution in [2.75, 3.05) is 29.9 Å². The van der Waals surface area contributed by atoms with E-state index in [0.29, 0.717) is 37.6 Å². The minimum atomic E-state index is -0.700. The van der Waals surface area contributed by atoms with Crippen molar-refractivity contribution in [3.8, 4) is 0 Å². The molecule has 3 N–H and O–H groups in total. The summed E-state index contributed by atoms with van der Waals surface area (Å²) < 4.78 is 1.60. The van der Waals surface area contributed by atoms with Crippen LogP contribution >= 0.6 is 0 Å². The molecule has 2 heterocycles. The summed E-state index contributed by atoms with van der Waals surface area (Å²) in [6.45, 7) is 3.61. The Morgan fingerprint density at radius 2 is 1.77 bits per heavy atom. The van der Waals surface area contributed by atoms with Crippen molar-refractivity contribution in [3.05, 3.63) is 78.0 Å². The summed E-state index contributed by atoms with van der Waals surface area (Å²) in [6.07, 6.45) is 8.70. The van der Waals surface area contributed by atoms with Gasteiger partial charge in [-0.15, -0.1) is 0 Å². The number of hydrogen-bond acceptors (Lipinski definition) is 6. The molecule has 1 aromatic heterocycles. The van der Waals surface area contributed by atoms with Crippen LogP contribution in [0, 0.1) is 5.92 Å². The normalized spacial score (nSPS) is 18.2. The van der Waals surface area contributed by atoms with Crippen molar-refractivity contribution in [2.45, 2.75) is 76.4 Å². The van der Waals surface area contributed by atoms with Crippen LogP contribution < -0.4 is 20.9 Å². The van der Waals surface area contributed by atoms with Crippen molar-refractivity contribution >= 4 is 35.6 Å². The maximum absolute atomic E-state index is 13.8. The second-order valence-corrected chi connectivity index (χ2v) is 12.7. The van der Waals surface area contributed by atoms with Gasteiger partial charge in [-0.25, -0.2) is 0 Å². The Labute approximate surface area is 277 Å². The molecule has 11 heteroatoms. The molecule has 250 valence electrons. The number of carbonyl (C=O) groups excluding carboxylic acids is 4. The fraction of sp³-hybridized carbons (Fsp3) is 0.472. The average Bonchev–Trinajstić information content (AvgIpc) is 3.53. The molecule has 2 fully saturated rings. The predicted molar refractivity (Wildman–Crippen MR) is 182 cm³/mol. The zero-order chi connectivity index (χ0) is 33.2. The van der Waals surface area contributed by atoms with E-state index in [1.807, 2.05) is 47.4 Å². The number of carbonyl (C=O) groups is 4. The minimum absolute atomic E-state index is 0.0364. The second-order valence-electron chi connectivity index (χ2n) is 12.7. The van der Waals surface area contributed by atoms with Gasteiger partial charge >= 0.3 is 0 Å². The Bertz CT molecular complexity index is 1490. The first kappa shape index (κ1) is 33.8. The van der Waals surface area contributed by atoms with E-state index in [0.717, 1.165) is 50.5 Å². The van der Waals surface area contributed by atoms with E-state index in [4.69, 9.17) is 0 Å². The first-order valence-corrected chi connectivity index (χ1v) is 16.8. The monoisotopic (exact) mass is 641 g/mol. The molecule has 1 saturated carbocycles. The minimum Gasteiger partial charge on any atom is -0.344 e. The summed E-state index contributed by atoms with van der Waals surface area (Å²) in [5.41, 5.74) is 2.67. The van der Waals surface area contributed by atoms with Gasteiger partial charge in [-0.3, -0.25) is 28.8 Å². The van der Waals surface area contributed by atoms with E-state index in [1.54, 1.807) is 30.9 Å². The van der Waals surface area contributed by atoms with Crippen LogP contribution in [0.2, 0.25) is 0 Å². The molecular formula is C36H47N7O4. The quantitative estimate of drug-likeness (QED) is 0.246. The van der Waals surface area contributed by atoms with Gasteiger partial charge in [-0.05, 0) is 48.4 Å². The zero-order valence-corrected chi connectivity index (χ0v) is 27.4. The number of piperazine rings is 1.